The Balaban J connectivity index is 5.25. The summed E-state index contributed by atoms with van der Waals surface area (Å²) in [4.78, 5) is 73.4. The van der Waals surface area contributed by atoms with E-state index in [1.165, 1.54) is 289 Å². The van der Waals surface area contributed by atoms with Crippen molar-refractivity contribution in [2.24, 2.45) is 17.8 Å². The maximum Gasteiger partial charge on any atom is 0.472 e. The Morgan fingerprint density at radius 2 is 0.468 bits per heavy atom. The maximum absolute atomic E-state index is 13.2. The number of carbonyl (C=O) groups is 4. The molecular weight excluding hydrogens is 1410 g/mol. The Morgan fingerprint density at radius 3 is 0.697 bits per heavy atom. The molecule has 0 bridgehead atoms. The highest BCUT2D eigenvalue weighted by atomic mass is 31.2. The minimum absolute atomic E-state index is 0.107. The van der Waals surface area contributed by atoms with Gasteiger partial charge in [0.1, 0.15) is 19.3 Å². The van der Waals surface area contributed by atoms with Crippen LogP contribution in [-0.2, 0) is 65.4 Å². The van der Waals surface area contributed by atoms with Gasteiger partial charge in [0, 0.05) is 25.7 Å². The Labute approximate surface area is 670 Å². The van der Waals surface area contributed by atoms with Crippen molar-refractivity contribution in [2.75, 3.05) is 39.6 Å². The summed E-state index contributed by atoms with van der Waals surface area (Å²) in [6, 6.07) is 0. The van der Waals surface area contributed by atoms with Crippen molar-refractivity contribution in [3.05, 3.63) is 0 Å². The molecule has 0 aromatic rings. The van der Waals surface area contributed by atoms with Crippen LogP contribution in [0, 0.1) is 17.8 Å². The topological polar surface area (TPSA) is 237 Å². The second-order valence-corrected chi connectivity index (χ2v) is 36.4. The van der Waals surface area contributed by atoms with Crippen LogP contribution in [0.1, 0.15) is 479 Å². The summed E-state index contributed by atoms with van der Waals surface area (Å²) in [7, 11) is -9.94. The van der Waals surface area contributed by atoms with E-state index in [9.17, 15) is 43.2 Å². The van der Waals surface area contributed by atoms with E-state index in [2.05, 4.69) is 48.5 Å². The minimum Gasteiger partial charge on any atom is -0.462 e. The Morgan fingerprint density at radius 1 is 0.266 bits per heavy atom. The van der Waals surface area contributed by atoms with Gasteiger partial charge in [-0.15, -0.1) is 0 Å². The average Bonchev–Trinajstić information content (AvgIpc) is 0.910. The van der Waals surface area contributed by atoms with Gasteiger partial charge in [0.15, 0.2) is 12.2 Å². The number of phosphoric ester groups is 2. The first-order valence-electron chi connectivity index (χ1n) is 46.4. The summed E-state index contributed by atoms with van der Waals surface area (Å²) < 4.78 is 69.1. The average molecular weight is 1590 g/mol. The van der Waals surface area contributed by atoms with Crippen molar-refractivity contribution in [1.82, 2.24) is 0 Å². The monoisotopic (exact) mass is 1590 g/mol. The van der Waals surface area contributed by atoms with Crippen molar-refractivity contribution in [1.29, 1.82) is 0 Å². The number of carbonyl (C=O) groups excluding carboxylic acids is 4. The molecule has 0 saturated carbocycles. The molecule has 0 spiro atoms. The number of phosphoric acid groups is 2. The molecule has 3 N–H and O–H groups in total. The van der Waals surface area contributed by atoms with Gasteiger partial charge in [-0.1, -0.05) is 427 Å². The van der Waals surface area contributed by atoms with Crippen molar-refractivity contribution in [3.63, 3.8) is 0 Å². The fourth-order valence-corrected chi connectivity index (χ4v) is 15.6. The molecule has 648 valence electrons. The molecule has 0 aliphatic rings. The second-order valence-electron chi connectivity index (χ2n) is 33.5. The molecule has 0 aliphatic carbocycles. The van der Waals surface area contributed by atoms with Crippen LogP contribution in [0.15, 0.2) is 0 Å². The van der Waals surface area contributed by atoms with Gasteiger partial charge in [-0.25, -0.2) is 9.13 Å². The van der Waals surface area contributed by atoms with E-state index in [4.69, 9.17) is 37.0 Å². The lowest BCUT2D eigenvalue weighted by Crippen LogP contribution is -2.30. The highest BCUT2D eigenvalue weighted by Crippen LogP contribution is 2.45. The zero-order chi connectivity index (χ0) is 80.0. The van der Waals surface area contributed by atoms with Crippen LogP contribution < -0.4 is 0 Å². The molecule has 19 heteroatoms. The SMILES string of the molecule is CCCCCCCCCCCCCCCC(=O)OC[C@H](COP(=O)(O)OC[C@H](O)COP(=O)(O)OC[C@@H](COC(=O)CCCCCCCCCCCCCCCCCCC(C)C)OC(=O)CCCCCCCCCCCCCCCCCCCCC(C)CC)OC(=O)CCCCCCCCCCCCCCC(C)C. The fourth-order valence-electron chi connectivity index (χ4n) is 14.0. The molecule has 0 aromatic heterocycles. The zero-order valence-electron chi connectivity index (χ0n) is 72.0. The molecule has 17 nitrogen and oxygen atoms in total. The second kappa shape index (κ2) is 79.9. The number of ether oxygens (including phenoxy) is 4. The van der Waals surface area contributed by atoms with Crippen LogP contribution in [0.25, 0.3) is 0 Å². The largest absolute Gasteiger partial charge is 0.472 e. The molecule has 0 aromatic carbocycles. The van der Waals surface area contributed by atoms with E-state index in [0.29, 0.717) is 25.7 Å². The van der Waals surface area contributed by atoms with E-state index < -0.39 is 97.5 Å². The van der Waals surface area contributed by atoms with E-state index in [0.717, 1.165) is 108 Å². The van der Waals surface area contributed by atoms with E-state index in [-0.39, 0.29) is 25.7 Å². The normalized spacial score (nSPS) is 14.1. The summed E-state index contributed by atoms with van der Waals surface area (Å²) in [6.07, 6.45) is 72.1. The highest BCUT2D eigenvalue weighted by Gasteiger charge is 2.31. The molecular formula is C90H176O17P2. The maximum atomic E-state index is 13.2. The van der Waals surface area contributed by atoms with E-state index in [1.54, 1.807) is 0 Å². The first-order valence-corrected chi connectivity index (χ1v) is 49.4. The molecule has 0 saturated heterocycles. The number of unbranched alkanes of at least 4 members (excludes halogenated alkanes) is 55. The van der Waals surface area contributed by atoms with Gasteiger partial charge in [0.25, 0.3) is 0 Å². The smallest absolute Gasteiger partial charge is 0.462 e. The lowest BCUT2D eigenvalue weighted by Gasteiger charge is -2.21. The summed E-state index contributed by atoms with van der Waals surface area (Å²) in [5.74, 6) is 0.363. The molecule has 3 unspecified atom stereocenters. The van der Waals surface area contributed by atoms with Crippen molar-refractivity contribution in [3.8, 4) is 0 Å². The molecule has 0 radical (unpaired) electrons. The lowest BCUT2D eigenvalue weighted by molar-refractivity contribution is -0.161. The number of rotatable bonds is 88. The first-order chi connectivity index (χ1) is 52.8. The number of aliphatic hydroxyl groups is 1. The highest BCUT2D eigenvalue weighted by molar-refractivity contribution is 7.47. The van der Waals surface area contributed by atoms with E-state index >= 15 is 0 Å². The van der Waals surface area contributed by atoms with Gasteiger partial charge < -0.3 is 33.8 Å². The molecule has 0 amide bonds. The van der Waals surface area contributed by atoms with Gasteiger partial charge >= 0.3 is 39.5 Å². The zero-order valence-corrected chi connectivity index (χ0v) is 73.8. The summed E-state index contributed by atoms with van der Waals surface area (Å²) in [6.45, 7) is 12.1. The summed E-state index contributed by atoms with van der Waals surface area (Å²) >= 11 is 0. The standard InChI is InChI=1S/C90H176O17P2/c1-8-10-11-12-13-14-15-26-36-43-50-57-64-71-87(92)100-77-86(107-90(95)74-67-60-53-46-39-32-31-34-41-48-55-62-69-82(5)6)80-105-109(98,99)103-76-84(91)75-102-108(96,97)104-79-85(78-101-88(93)72-65-58-51-44-37-29-24-21-20-22-27-33-40-47-54-61-68-81(3)4)106-89(94)73-66-59-52-45-38-30-25-19-17-16-18-23-28-35-42-49-56-63-70-83(7)9-2/h81-86,91H,8-80H2,1-7H3,(H,96,97)(H,98,99)/t83?,84-,85-,86-/m1/s1. The molecule has 0 fully saturated rings. The van der Waals surface area contributed by atoms with Crippen molar-refractivity contribution >= 4 is 39.5 Å². The van der Waals surface area contributed by atoms with Gasteiger partial charge in [-0.2, -0.15) is 0 Å². The number of hydrogen-bond acceptors (Lipinski definition) is 15. The third-order valence-corrected chi connectivity index (χ3v) is 23.4. The molecule has 109 heavy (non-hydrogen) atoms. The van der Waals surface area contributed by atoms with Crippen molar-refractivity contribution in [2.45, 2.75) is 497 Å². The van der Waals surface area contributed by atoms with Gasteiger partial charge in [-0.3, -0.25) is 37.3 Å². The third-order valence-electron chi connectivity index (χ3n) is 21.5. The fraction of sp³-hybridized carbons (Fsp3) is 0.956. The number of esters is 4. The van der Waals surface area contributed by atoms with Crippen LogP contribution in [0.5, 0.6) is 0 Å². The van der Waals surface area contributed by atoms with Crippen molar-refractivity contribution < 1.29 is 80.2 Å². The number of hydrogen-bond donors (Lipinski definition) is 3. The first kappa shape index (κ1) is 107. The van der Waals surface area contributed by atoms with Gasteiger partial charge in [0.2, 0.25) is 0 Å². The molecule has 0 heterocycles. The van der Waals surface area contributed by atoms with Crippen LogP contribution in [-0.4, -0.2) is 96.7 Å². The summed E-state index contributed by atoms with van der Waals surface area (Å²) in [5, 5.41) is 10.7. The third kappa shape index (κ3) is 82.4. The van der Waals surface area contributed by atoms with Gasteiger partial charge in [0.05, 0.1) is 26.4 Å². The summed E-state index contributed by atoms with van der Waals surface area (Å²) in [5.41, 5.74) is 0. The van der Waals surface area contributed by atoms with Crippen LogP contribution in [0.2, 0.25) is 0 Å². The lowest BCUT2D eigenvalue weighted by atomic mass is 9.99. The molecule has 0 rings (SSSR count). The number of aliphatic hydroxyl groups excluding tert-OH is 1. The molecule has 6 atom stereocenters. The Kier molecular flexibility index (Phi) is 78.5. The molecule has 0 aliphatic heterocycles. The quantitative estimate of drug-likeness (QED) is 0.0222. The Hall–Kier alpha value is -1.94. The van der Waals surface area contributed by atoms with Gasteiger partial charge in [-0.05, 0) is 43.4 Å². The van der Waals surface area contributed by atoms with E-state index in [1.807, 2.05) is 0 Å². The predicted molar refractivity (Wildman–Crippen MR) is 451 cm³/mol. The van der Waals surface area contributed by atoms with Crippen LogP contribution >= 0.6 is 15.6 Å². The minimum atomic E-state index is -4.97. The van der Waals surface area contributed by atoms with Crippen LogP contribution in [0.4, 0.5) is 0 Å². The predicted octanol–water partition coefficient (Wildman–Crippen LogP) is 27.6. The Bertz CT molecular complexity index is 2100. The van der Waals surface area contributed by atoms with Crippen LogP contribution in [0.3, 0.4) is 0 Å².